The molecule has 4 aromatic rings. The van der Waals surface area contributed by atoms with E-state index in [1.807, 2.05) is 12.1 Å². The normalized spacial score (nSPS) is 23.1. The summed E-state index contributed by atoms with van der Waals surface area (Å²) in [6, 6.07) is 24.4. The summed E-state index contributed by atoms with van der Waals surface area (Å²) in [4.78, 5) is 26.2. The lowest BCUT2D eigenvalue weighted by Crippen LogP contribution is -2.20. The summed E-state index contributed by atoms with van der Waals surface area (Å²) in [7, 11) is 0. The number of hydrogen-bond acceptors (Lipinski definition) is 10. The van der Waals surface area contributed by atoms with Crippen LogP contribution < -0.4 is 18.9 Å². The first-order valence-electron chi connectivity index (χ1n) is 16.4. The Labute approximate surface area is 277 Å². The molecule has 0 aliphatic carbocycles. The van der Waals surface area contributed by atoms with Crippen molar-refractivity contribution in [3.63, 3.8) is 0 Å². The van der Waals surface area contributed by atoms with E-state index in [-0.39, 0.29) is 24.0 Å². The zero-order chi connectivity index (χ0) is 32.5. The third kappa shape index (κ3) is 7.79. The molecular formula is C38H36O10. The highest BCUT2D eigenvalue weighted by Crippen LogP contribution is 2.34. The van der Waals surface area contributed by atoms with Crippen LogP contribution in [0.2, 0.25) is 0 Å². The van der Waals surface area contributed by atoms with E-state index < -0.39 is 11.9 Å². The summed E-state index contributed by atoms with van der Waals surface area (Å²) in [6.07, 6.45) is 2.96. The van der Waals surface area contributed by atoms with Crippen LogP contribution in [0.1, 0.15) is 33.6 Å². The molecule has 0 saturated carbocycles. The largest absolute Gasteiger partial charge is 0.493 e. The Kier molecular flexibility index (Phi) is 8.71. The molecule has 4 aliphatic heterocycles. The maximum absolute atomic E-state index is 13.1. The Morgan fingerprint density at radius 3 is 1.31 bits per heavy atom. The van der Waals surface area contributed by atoms with E-state index in [0.717, 1.165) is 39.3 Å². The second-order valence-corrected chi connectivity index (χ2v) is 12.7. The second-order valence-electron chi connectivity index (χ2n) is 12.7. The number of rotatable bonds is 16. The van der Waals surface area contributed by atoms with E-state index in [0.29, 0.717) is 70.3 Å². The van der Waals surface area contributed by atoms with Crippen LogP contribution in [0.25, 0.3) is 10.8 Å². The predicted molar refractivity (Wildman–Crippen MR) is 173 cm³/mol. The fourth-order valence-corrected chi connectivity index (χ4v) is 5.92. The van der Waals surface area contributed by atoms with E-state index in [9.17, 15) is 9.59 Å². The molecule has 0 N–H and O–H groups in total. The van der Waals surface area contributed by atoms with Crippen molar-refractivity contribution in [3.05, 3.63) is 96.1 Å². The smallest absolute Gasteiger partial charge is 0.343 e. The highest BCUT2D eigenvalue weighted by molar-refractivity contribution is 5.99. The van der Waals surface area contributed by atoms with Gasteiger partial charge in [-0.1, -0.05) is 24.3 Å². The Bertz CT molecular complexity index is 1620. The van der Waals surface area contributed by atoms with Crippen LogP contribution in [0, 0.1) is 11.8 Å². The average Bonchev–Trinajstić information content (AvgIpc) is 3.92. The molecule has 6 atom stereocenters. The molecule has 4 heterocycles. The summed E-state index contributed by atoms with van der Waals surface area (Å²) >= 11 is 0. The second kappa shape index (κ2) is 13.6. The lowest BCUT2D eigenvalue weighted by atomic mass is 10.0. The molecule has 4 aromatic carbocycles. The van der Waals surface area contributed by atoms with Gasteiger partial charge in [0.2, 0.25) is 0 Å². The van der Waals surface area contributed by atoms with Gasteiger partial charge in [-0.25, -0.2) is 9.59 Å². The molecule has 4 fully saturated rings. The number of ether oxygens (including phenoxy) is 8. The molecule has 4 aliphatic rings. The molecule has 0 spiro atoms. The molecule has 0 bridgehead atoms. The number of carbonyl (C=O) groups is 2. The van der Waals surface area contributed by atoms with Crippen LogP contribution in [0.5, 0.6) is 23.0 Å². The minimum atomic E-state index is -0.509. The number of esters is 2. The van der Waals surface area contributed by atoms with Crippen molar-refractivity contribution in [3.8, 4) is 23.0 Å². The minimum Gasteiger partial charge on any atom is -0.493 e. The van der Waals surface area contributed by atoms with Crippen LogP contribution in [0.15, 0.2) is 84.9 Å². The molecule has 6 unspecified atom stereocenters. The molecular weight excluding hydrogens is 616 g/mol. The van der Waals surface area contributed by atoms with Gasteiger partial charge in [0.15, 0.2) is 0 Å². The summed E-state index contributed by atoms with van der Waals surface area (Å²) in [5, 5.41) is 1.28. The predicted octanol–water partition coefficient (Wildman–Crippen LogP) is 5.64. The third-order valence-electron chi connectivity index (χ3n) is 9.06. The van der Waals surface area contributed by atoms with Gasteiger partial charge in [-0.3, -0.25) is 0 Å². The number of fused-ring (bicyclic) bond motifs is 1. The third-order valence-corrected chi connectivity index (χ3v) is 9.06. The quantitative estimate of drug-likeness (QED) is 0.0854. The molecule has 0 aromatic heterocycles. The van der Waals surface area contributed by atoms with Gasteiger partial charge in [0.05, 0.1) is 75.2 Å². The van der Waals surface area contributed by atoms with Crippen molar-refractivity contribution < 1.29 is 47.5 Å². The summed E-state index contributed by atoms with van der Waals surface area (Å²) < 4.78 is 45.3. The molecule has 10 nitrogen and oxygen atoms in total. The van der Waals surface area contributed by atoms with E-state index in [2.05, 4.69) is 0 Å². The van der Waals surface area contributed by atoms with Crippen LogP contribution in [-0.2, 0) is 18.9 Å². The number of benzene rings is 4. The highest BCUT2D eigenvalue weighted by atomic mass is 16.6. The molecule has 4 saturated heterocycles. The van der Waals surface area contributed by atoms with Gasteiger partial charge in [0.1, 0.15) is 23.0 Å². The lowest BCUT2D eigenvalue weighted by molar-refractivity contribution is 0.0725. The van der Waals surface area contributed by atoms with Gasteiger partial charge in [-0.05, 0) is 73.5 Å². The van der Waals surface area contributed by atoms with Crippen molar-refractivity contribution in [2.24, 2.45) is 11.8 Å². The monoisotopic (exact) mass is 652 g/mol. The SMILES string of the molecule is O=C(Oc1cccc2c(OC(=O)c3ccc(OCC(CC4CO4)C4CO4)cc3)cccc12)c1ccc(OCC(CC2CO2)C2CO2)cc1. The Morgan fingerprint density at radius 1 is 0.562 bits per heavy atom. The van der Waals surface area contributed by atoms with E-state index in [1.54, 1.807) is 72.8 Å². The first-order valence-corrected chi connectivity index (χ1v) is 16.4. The zero-order valence-corrected chi connectivity index (χ0v) is 26.3. The van der Waals surface area contributed by atoms with Crippen molar-refractivity contribution in [2.75, 3.05) is 39.6 Å². The molecule has 0 amide bonds. The maximum atomic E-state index is 13.1. The molecule has 48 heavy (non-hydrogen) atoms. The van der Waals surface area contributed by atoms with Gasteiger partial charge >= 0.3 is 11.9 Å². The van der Waals surface area contributed by atoms with Gasteiger partial charge in [-0.15, -0.1) is 0 Å². The van der Waals surface area contributed by atoms with E-state index >= 15 is 0 Å². The Balaban J connectivity index is 0.877. The Morgan fingerprint density at radius 2 is 0.958 bits per heavy atom. The van der Waals surface area contributed by atoms with Gasteiger partial charge in [0.25, 0.3) is 0 Å². The van der Waals surface area contributed by atoms with Crippen LogP contribution in [0.4, 0.5) is 0 Å². The van der Waals surface area contributed by atoms with E-state index in [1.165, 1.54) is 0 Å². The highest BCUT2D eigenvalue weighted by Gasteiger charge is 2.39. The maximum Gasteiger partial charge on any atom is 0.343 e. The van der Waals surface area contributed by atoms with Crippen LogP contribution in [0.3, 0.4) is 0 Å². The van der Waals surface area contributed by atoms with Crippen molar-refractivity contribution >= 4 is 22.7 Å². The topological polar surface area (TPSA) is 121 Å². The first kappa shape index (κ1) is 30.8. The average molecular weight is 653 g/mol. The number of hydrogen-bond donors (Lipinski definition) is 0. The van der Waals surface area contributed by atoms with Crippen LogP contribution in [-0.4, -0.2) is 76.0 Å². The Hall–Kier alpha value is -4.48. The first-order chi connectivity index (χ1) is 23.6. The number of carbonyl (C=O) groups excluding carboxylic acids is 2. The minimum absolute atomic E-state index is 0.235. The van der Waals surface area contributed by atoms with Gasteiger partial charge in [0, 0.05) is 22.6 Å². The zero-order valence-electron chi connectivity index (χ0n) is 26.3. The molecule has 248 valence electrons. The van der Waals surface area contributed by atoms with Crippen molar-refractivity contribution in [1.82, 2.24) is 0 Å². The number of epoxide rings is 4. The lowest BCUT2D eigenvalue weighted by Gasteiger charge is -2.15. The fraction of sp³-hybridized carbons (Fsp3) is 0.368. The van der Waals surface area contributed by atoms with Crippen molar-refractivity contribution in [1.29, 1.82) is 0 Å². The standard InChI is InChI=1S/C38H36O10/c39-37(23-7-11-27(12-8-23)41-17-25(35-21-45-35)15-29-19-43-29)47-33-5-1-3-31-32(33)4-2-6-34(31)48-38(40)24-9-13-28(14-10-24)42-18-26(36-22-46-36)16-30-20-44-30/h1-14,25-26,29-30,35-36H,15-22H2. The van der Waals surface area contributed by atoms with Crippen LogP contribution >= 0.6 is 0 Å². The molecule has 8 rings (SSSR count). The summed E-state index contributed by atoms with van der Waals surface area (Å²) in [5.41, 5.74) is 0.771. The van der Waals surface area contributed by atoms with Gasteiger partial charge < -0.3 is 37.9 Å². The molecule has 10 heteroatoms. The van der Waals surface area contributed by atoms with E-state index in [4.69, 9.17) is 37.9 Å². The summed E-state index contributed by atoms with van der Waals surface area (Å²) in [5.74, 6) is 1.61. The summed E-state index contributed by atoms with van der Waals surface area (Å²) in [6.45, 7) is 4.21. The van der Waals surface area contributed by atoms with Crippen molar-refractivity contribution in [2.45, 2.75) is 37.3 Å². The van der Waals surface area contributed by atoms with Gasteiger partial charge in [-0.2, -0.15) is 0 Å². The molecule has 0 radical (unpaired) electrons. The fourth-order valence-electron chi connectivity index (χ4n) is 5.92.